The molecule has 0 aliphatic carbocycles. The maximum Gasteiger partial charge on any atom is 0.261 e. The van der Waals surface area contributed by atoms with Gasteiger partial charge in [0, 0.05) is 30.9 Å². The highest BCUT2D eigenvalue weighted by atomic mass is 19.1. The van der Waals surface area contributed by atoms with Crippen LogP contribution in [0.1, 0.15) is 24.2 Å². The molecule has 6 nitrogen and oxygen atoms in total. The van der Waals surface area contributed by atoms with Crippen molar-refractivity contribution in [2.75, 3.05) is 18.4 Å². The number of halogens is 2. The monoisotopic (exact) mass is 385 g/mol. The van der Waals surface area contributed by atoms with Crippen molar-refractivity contribution in [2.24, 2.45) is 0 Å². The van der Waals surface area contributed by atoms with Crippen LogP contribution in [-0.4, -0.2) is 39.2 Å². The Morgan fingerprint density at radius 1 is 1.21 bits per heavy atom. The third kappa shape index (κ3) is 4.01. The van der Waals surface area contributed by atoms with Gasteiger partial charge in [-0.15, -0.1) is 0 Å². The molecule has 28 heavy (non-hydrogen) atoms. The quantitative estimate of drug-likeness (QED) is 0.721. The summed E-state index contributed by atoms with van der Waals surface area (Å²) < 4.78 is 33.2. The number of hydrogen-bond donors (Lipinski definition) is 1. The van der Waals surface area contributed by atoms with Crippen LogP contribution < -0.4 is 5.32 Å². The van der Waals surface area contributed by atoms with Crippen molar-refractivity contribution < 1.29 is 13.3 Å². The Morgan fingerprint density at radius 3 is 2.79 bits per heavy atom. The predicted octanol–water partition coefficient (Wildman–Crippen LogP) is 3.79. The third-order valence-electron chi connectivity index (χ3n) is 4.86. The number of benzene rings is 1. The van der Waals surface area contributed by atoms with Gasteiger partial charge in [-0.25, -0.2) is 13.8 Å². The van der Waals surface area contributed by atoms with Crippen LogP contribution >= 0.6 is 0 Å². The number of aryl methyl sites for hydroxylation is 1. The van der Waals surface area contributed by atoms with Gasteiger partial charge in [0.25, 0.3) is 5.89 Å². The standard InChI is InChI=1S/C20H21F2N5O/c1-13-24-20(28-26-13)15-6-3-9-23-19(15)25-14-5-4-10-27(11-14)12-16-17(21)7-2-8-18(16)22/h2-3,6-9,14H,4-5,10-12H2,1H3,(H,23,25). The predicted molar refractivity (Wildman–Crippen MR) is 101 cm³/mol. The lowest BCUT2D eigenvalue weighted by molar-refractivity contribution is 0.203. The molecule has 1 N–H and O–H groups in total. The number of nitrogens with zero attached hydrogens (tertiary/aromatic N) is 4. The van der Waals surface area contributed by atoms with Gasteiger partial charge in [-0.05, 0) is 50.6 Å². The van der Waals surface area contributed by atoms with E-state index in [4.69, 9.17) is 4.52 Å². The molecular formula is C20H21F2N5O. The van der Waals surface area contributed by atoms with E-state index in [9.17, 15) is 8.78 Å². The summed E-state index contributed by atoms with van der Waals surface area (Å²) >= 11 is 0. The minimum atomic E-state index is -0.506. The van der Waals surface area contributed by atoms with Gasteiger partial charge in [-0.2, -0.15) is 4.98 Å². The molecule has 0 spiro atoms. The zero-order chi connectivity index (χ0) is 19.5. The van der Waals surface area contributed by atoms with Gasteiger partial charge in [-0.1, -0.05) is 11.2 Å². The molecule has 1 aromatic carbocycles. The van der Waals surface area contributed by atoms with E-state index in [1.807, 2.05) is 12.1 Å². The first-order chi connectivity index (χ1) is 13.6. The molecule has 2 aromatic heterocycles. The van der Waals surface area contributed by atoms with E-state index in [1.165, 1.54) is 18.2 Å². The van der Waals surface area contributed by atoms with Gasteiger partial charge in [-0.3, -0.25) is 4.90 Å². The van der Waals surface area contributed by atoms with Crippen molar-refractivity contribution in [1.82, 2.24) is 20.0 Å². The minimum absolute atomic E-state index is 0.0984. The molecule has 1 fully saturated rings. The second kappa shape index (κ2) is 8.02. The zero-order valence-corrected chi connectivity index (χ0v) is 15.5. The second-order valence-electron chi connectivity index (χ2n) is 6.97. The summed E-state index contributed by atoms with van der Waals surface area (Å²) in [5, 5.41) is 7.27. The molecule has 4 rings (SSSR count). The van der Waals surface area contributed by atoms with Crippen LogP contribution in [0.5, 0.6) is 0 Å². The first-order valence-corrected chi connectivity index (χ1v) is 9.27. The fourth-order valence-corrected chi connectivity index (χ4v) is 3.52. The lowest BCUT2D eigenvalue weighted by atomic mass is 10.0. The van der Waals surface area contributed by atoms with Crippen molar-refractivity contribution in [1.29, 1.82) is 0 Å². The Labute approximate surface area is 161 Å². The van der Waals surface area contributed by atoms with Crippen molar-refractivity contribution in [3.8, 4) is 11.5 Å². The summed E-state index contributed by atoms with van der Waals surface area (Å²) in [5.41, 5.74) is 0.850. The summed E-state index contributed by atoms with van der Waals surface area (Å²) in [6, 6.07) is 7.76. The Morgan fingerprint density at radius 2 is 2.04 bits per heavy atom. The minimum Gasteiger partial charge on any atom is -0.365 e. The SMILES string of the molecule is Cc1noc(-c2cccnc2NC2CCCN(Cc3c(F)cccc3F)C2)n1. The smallest absolute Gasteiger partial charge is 0.261 e. The first kappa shape index (κ1) is 18.5. The molecule has 3 aromatic rings. The topological polar surface area (TPSA) is 67.1 Å². The molecule has 1 aliphatic heterocycles. The van der Waals surface area contributed by atoms with Crippen LogP contribution in [-0.2, 0) is 6.54 Å². The highest BCUT2D eigenvalue weighted by Gasteiger charge is 2.23. The van der Waals surface area contributed by atoms with E-state index in [0.29, 0.717) is 24.1 Å². The van der Waals surface area contributed by atoms with Crippen LogP contribution in [0.3, 0.4) is 0 Å². The van der Waals surface area contributed by atoms with Gasteiger partial charge in [0.2, 0.25) is 0 Å². The molecule has 1 unspecified atom stereocenters. The molecule has 1 atom stereocenters. The number of anilines is 1. The molecule has 0 radical (unpaired) electrons. The van der Waals surface area contributed by atoms with Crippen LogP contribution in [0.15, 0.2) is 41.1 Å². The average Bonchev–Trinajstić information content (AvgIpc) is 3.12. The first-order valence-electron chi connectivity index (χ1n) is 9.27. The van der Waals surface area contributed by atoms with Crippen molar-refractivity contribution >= 4 is 5.82 Å². The lowest BCUT2D eigenvalue weighted by Gasteiger charge is -2.33. The highest BCUT2D eigenvalue weighted by Crippen LogP contribution is 2.26. The average molecular weight is 385 g/mol. The number of likely N-dealkylation sites (tertiary alicyclic amines) is 1. The van der Waals surface area contributed by atoms with E-state index < -0.39 is 11.6 Å². The van der Waals surface area contributed by atoms with Gasteiger partial charge in [0.15, 0.2) is 5.82 Å². The molecule has 8 heteroatoms. The number of pyridine rings is 1. The Kier molecular flexibility index (Phi) is 5.29. The van der Waals surface area contributed by atoms with E-state index in [0.717, 1.165) is 24.9 Å². The van der Waals surface area contributed by atoms with Gasteiger partial charge < -0.3 is 9.84 Å². The van der Waals surface area contributed by atoms with Gasteiger partial charge in [0.1, 0.15) is 17.5 Å². The Balaban J connectivity index is 1.48. The largest absolute Gasteiger partial charge is 0.365 e. The molecule has 146 valence electrons. The fraction of sp³-hybridized carbons (Fsp3) is 0.350. The third-order valence-corrected chi connectivity index (χ3v) is 4.86. The summed E-state index contributed by atoms with van der Waals surface area (Å²) in [6.45, 7) is 3.46. The van der Waals surface area contributed by atoms with Crippen LogP contribution in [0.25, 0.3) is 11.5 Å². The van der Waals surface area contributed by atoms with Crippen LogP contribution in [0.2, 0.25) is 0 Å². The summed E-state index contributed by atoms with van der Waals surface area (Å²) in [4.78, 5) is 10.7. The van der Waals surface area contributed by atoms with E-state index >= 15 is 0 Å². The molecule has 0 bridgehead atoms. The van der Waals surface area contributed by atoms with E-state index in [-0.39, 0.29) is 18.2 Å². The number of hydrogen-bond acceptors (Lipinski definition) is 6. The normalized spacial score (nSPS) is 17.6. The molecular weight excluding hydrogens is 364 g/mol. The van der Waals surface area contributed by atoms with Crippen molar-refractivity contribution in [3.05, 3.63) is 59.6 Å². The van der Waals surface area contributed by atoms with Crippen LogP contribution in [0, 0.1) is 18.6 Å². The highest BCUT2D eigenvalue weighted by molar-refractivity contribution is 5.68. The van der Waals surface area contributed by atoms with Crippen LogP contribution in [0.4, 0.5) is 14.6 Å². The molecule has 0 saturated carbocycles. The fourth-order valence-electron chi connectivity index (χ4n) is 3.52. The van der Waals surface area contributed by atoms with Gasteiger partial charge >= 0.3 is 0 Å². The Bertz CT molecular complexity index is 941. The molecule has 0 amide bonds. The molecule has 1 aliphatic rings. The molecule has 1 saturated heterocycles. The van der Waals surface area contributed by atoms with E-state index in [1.54, 1.807) is 13.1 Å². The Hall–Kier alpha value is -2.87. The number of aromatic nitrogens is 3. The zero-order valence-electron chi connectivity index (χ0n) is 15.5. The number of rotatable bonds is 5. The number of nitrogens with one attached hydrogen (secondary N) is 1. The van der Waals surface area contributed by atoms with Crippen molar-refractivity contribution in [3.63, 3.8) is 0 Å². The number of piperidine rings is 1. The second-order valence-corrected chi connectivity index (χ2v) is 6.97. The summed E-state index contributed by atoms with van der Waals surface area (Å²) in [5.74, 6) is 0.618. The van der Waals surface area contributed by atoms with E-state index in [2.05, 4.69) is 25.3 Å². The van der Waals surface area contributed by atoms with Crippen molar-refractivity contribution in [2.45, 2.75) is 32.4 Å². The molecule has 3 heterocycles. The maximum atomic E-state index is 14.0. The van der Waals surface area contributed by atoms with Gasteiger partial charge in [0.05, 0.1) is 5.56 Å². The summed E-state index contributed by atoms with van der Waals surface area (Å²) in [7, 11) is 0. The lowest BCUT2D eigenvalue weighted by Crippen LogP contribution is -2.42. The summed E-state index contributed by atoms with van der Waals surface area (Å²) in [6.07, 6.45) is 3.56. The maximum absolute atomic E-state index is 14.0.